The second kappa shape index (κ2) is 11.4. The summed E-state index contributed by atoms with van der Waals surface area (Å²) in [6.45, 7) is -0.389. The molecule has 0 bridgehead atoms. The van der Waals surface area contributed by atoms with Crippen molar-refractivity contribution in [2.24, 2.45) is 0 Å². The molecule has 4 aromatic carbocycles. The van der Waals surface area contributed by atoms with Gasteiger partial charge in [0.2, 0.25) is 5.91 Å². The van der Waals surface area contributed by atoms with Crippen molar-refractivity contribution in [2.75, 3.05) is 19.0 Å². The highest BCUT2D eigenvalue weighted by Crippen LogP contribution is 2.35. The molecule has 0 spiro atoms. The van der Waals surface area contributed by atoms with Gasteiger partial charge in [0.25, 0.3) is 11.1 Å². The SMILES string of the molecule is COc1cc(/C=C2/SC(=O)N(CC(=O)Nc3cccc4ccccc34)C2=O)ccc1OCc1ccccc1F. The van der Waals surface area contributed by atoms with Crippen LogP contribution in [0, 0.1) is 5.82 Å². The van der Waals surface area contributed by atoms with E-state index in [1.807, 2.05) is 36.4 Å². The van der Waals surface area contributed by atoms with E-state index in [4.69, 9.17) is 9.47 Å². The predicted octanol–water partition coefficient (Wildman–Crippen LogP) is 6.24. The van der Waals surface area contributed by atoms with E-state index in [9.17, 15) is 18.8 Å². The van der Waals surface area contributed by atoms with Crippen LogP contribution in [0.3, 0.4) is 0 Å². The molecule has 39 heavy (non-hydrogen) atoms. The number of thioether (sulfide) groups is 1. The summed E-state index contributed by atoms with van der Waals surface area (Å²) in [5, 5.41) is 4.09. The van der Waals surface area contributed by atoms with Gasteiger partial charge in [0.1, 0.15) is 19.0 Å². The Kier molecular flexibility index (Phi) is 7.60. The minimum absolute atomic E-state index is 0.0160. The van der Waals surface area contributed by atoms with Crippen molar-refractivity contribution >= 4 is 51.4 Å². The Morgan fingerprint density at radius 3 is 2.56 bits per heavy atom. The number of hydrogen-bond acceptors (Lipinski definition) is 6. The lowest BCUT2D eigenvalue weighted by Crippen LogP contribution is -2.36. The van der Waals surface area contributed by atoms with Crippen LogP contribution in [-0.4, -0.2) is 35.6 Å². The van der Waals surface area contributed by atoms with Gasteiger partial charge in [-0.15, -0.1) is 0 Å². The first-order valence-electron chi connectivity index (χ1n) is 12.0. The molecule has 0 unspecified atom stereocenters. The van der Waals surface area contributed by atoms with Crippen LogP contribution < -0.4 is 14.8 Å². The summed E-state index contributed by atoms with van der Waals surface area (Å²) in [5.41, 5.74) is 1.60. The van der Waals surface area contributed by atoms with Crippen LogP contribution in [0.1, 0.15) is 11.1 Å². The number of amides is 3. The maximum Gasteiger partial charge on any atom is 0.294 e. The van der Waals surface area contributed by atoms with Crippen LogP contribution in [0.2, 0.25) is 0 Å². The molecule has 1 saturated heterocycles. The lowest BCUT2D eigenvalue weighted by Gasteiger charge is -2.13. The molecule has 4 aromatic rings. The van der Waals surface area contributed by atoms with Crippen LogP contribution in [0.25, 0.3) is 16.8 Å². The molecule has 9 heteroatoms. The van der Waals surface area contributed by atoms with E-state index in [0.29, 0.717) is 28.3 Å². The molecular weight excluding hydrogens is 519 g/mol. The summed E-state index contributed by atoms with van der Waals surface area (Å²) in [6.07, 6.45) is 1.55. The fourth-order valence-electron chi connectivity index (χ4n) is 4.12. The van der Waals surface area contributed by atoms with E-state index >= 15 is 0 Å². The number of carbonyl (C=O) groups is 3. The van der Waals surface area contributed by atoms with E-state index in [2.05, 4.69) is 5.32 Å². The van der Waals surface area contributed by atoms with Crippen LogP contribution in [0.5, 0.6) is 11.5 Å². The number of imide groups is 1. The molecular formula is C30H23FN2O5S. The fourth-order valence-corrected chi connectivity index (χ4v) is 4.96. The molecule has 1 fully saturated rings. The lowest BCUT2D eigenvalue weighted by atomic mass is 10.1. The maximum atomic E-state index is 13.9. The third kappa shape index (κ3) is 5.78. The molecule has 0 atom stereocenters. The molecule has 3 amide bonds. The largest absolute Gasteiger partial charge is 0.493 e. The second-order valence-corrected chi connectivity index (χ2v) is 9.63. The number of halogens is 1. The third-order valence-corrected chi connectivity index (χ3v) is 6.97. The van der Waals surface area contributed by atoms with Gasteiger partial charge in [-0.1, -0.05) is 60.7 Å². The smallest absolute Gasteiger partial charge is 0.294 e. The number of nitrogens with zero attached hydrogens (tertiary/aromatic N) is 1. The molecule has 7 nitrogen and oxygen atoms in total. The van der Waals surface area contributed by atoms with Gasteiger partial charge >= 0.3 is 0 Å². The number of benzene rings is 4. The van der Waals surface area contributed by atoms with Crippen LogP contribution in [-0.2, 0) is 16.2 Å². The van der Waals surface area contributed by atoms with Crippen molar-refractivity contribution in [1.29, 1.82) is 0 Å². The third-order valence-electron chi connectivity index (χ3n) is 6.07. The van der Waals surface area contributed by atoms with E-state index in [1.165, 1.54) is 13.2 Å². The number of carbonyl (C=O) groups excluding carboxylic acids is 3. The van der Waals surface area contributed by atoms with Gasteiger partial charge in [-0.3, -0.25) is 19.3 Å². The second-order valence-electron chi connectivity index (χ2n) is 8.63. The number of anilines is 1. The molecule has 5 rings (SSSR count). The summed E-state index contributed by atoms with van der Waals surface area (Å²) in [7, 11) is 1.47. The minimum atomic E-state index is -0.558. The average Bonchev–Trinajstić information content (AvgIpc) is 3.20. The first kappa shape index (κ1) is 26.0. The number of fused-ring (bicyclic) bond motifs is 1. The van der Waals surface area contributed by atoms with Gasteiger partial charge in [-0.25, -0.2) is 4.39 Å². The highest BCUT2D eigenvalue weighted by molar-refractivity contribution is 8.18. The van der Waals surface area contributed by atoms with Crippen molar-refractivity contribution in [3.63, 3.8) is 0 Å². The number of nitrogens with one attached hydrogen (secondary N) is 1. The number of hydrogen-bond donors (Lipinski definition) is 1. The normalized spacial score (nSPS) is 14.2. The van der Waals surface area contributed by atoms with Crippen molar-refractivity contribution in [3.05, 3.63) is 107 Å². The standard InChI is InChI=1S/C30H23FN2O5S/c1-37-26-15-19(13-14-25(26)38-18-21-8-3-5-11-23(21)31)16-27-29(35)33(30(36)39-27)17-28(34)32-24-12-6-9-20-7-2-4-10-22(20)24/h2-16H,17-18H2,1H3,(H,32,34)/b27-16+. The van der Waals surface area contributed by atoms with Gasteiger partial charge in [0, 0.05) is 16.6 Å². The molecule has 0 saturated carbocycles. The maximum absolute atomic E-state index is 13.9. The summed E-state index contributed by atoms with van der Waals surface area (Å²) < 4.78 is 25.0. The van der Waals surface area contributed by atoms with Crippen LogP contribution in [0.4, 0.5) is 14.9 Å². The zero-order valence-corrected chi connectivity index (χ0v) is 21.7. The summed E-state index contributed by atoms with van der Waals surface area (Å²) in [4.78, 5) is 39.4. The average molecular weight is 543 g/mol. The van der Waals surface area contributed by atoms with E-state index in [-0.39, 0.29) is 17.3 Å². The topological polar surface area (TPSA) is 84.9 Å². The molecule has 196 valence electrons. The number of methoxy groups -OCH3 is 1. The monoisotopic (exact) mass is 542 g/mol. The molecule has 0 aromatic heterocycles. The molecule has 1 aliphatic rings. The molecule has 0 radical (unpaired) electrons. The van der Waals surface area contributed by atoms with Crippen molar-refractivity contribution in [1.82, 2.24) is 4.90 Å². The zero-order chi connectivity index (χ0) is 27.4. The van der Waals surface area contributed by atoms with E-state index in [1.54, 1.807) is 48.5 Å². The lowest BCUT2D eigenvalue weighted by molar-refractivity contribution is -0.127. The van der Waals surface area contributed by atoms with Gasteiger partial charge in [-0.05, 0) is 53.1 Å². The molecule has 1 heterocycles. The number of ether oxygens (including phenoxy) is 2. The van der Waals surface area contributed by atoms with E-state index < -0.39 is 23.6 Å². The summed E-state index contributed by atoms with van der Waals surface area (Å²) in [5.74, 6) is -0.621. The van der Waals surface area contributed by atoms with Crippen LogP contribution in [0.15, 0.2) is 89.8 Å². The Labute approximate surface area is 228 Å². The quantitative estimate of drug-likeness (QED) is 0.265. The highest BCUT2D eigenvalue weighted by atomic mass is 32.2. The predicted molar refractivity (Wildman–Crippen MR) is 149 cm³/mol. The summed E-state index contributed by atoms with van der Waals surface area (Å²) in [6, 6.07) is 24.4. The zero-order valence-electron chi connectivity index (χ0n) is 20.8. The highest BCUT2D eigenvalue weighted by Gasteiger charge is 2.36. The molecule has 1 aliphatic heterocycles. The fraction of sp³-hybridized carbons (Fsp3) is 0.100. The van der Waals surface area contributed by atoms with E-state index in [0.717, 1.165) is 27.4 Å². The Morgan fingerprint density at radius 1 is 0.974 bits per heavy atom. The van der Waals surface area contributed by atoms with Crippen molar-refractivity contribution < 1.29 is 28.2 Å². The first-order valence-corrected chi connectivity index (χ1v) is 12.8. The van der Waals surface area contributed by atoms with Crippen molar-refractivity contribution in [3.8, 4) is 11.5 Å². The van der Waals surface area contributed by atoms with Gasteiger partial charge in [-0.2, -0.15) is 0 Å². The van der Waals surface area contributed by atoms with Gasteiger partial charge in [0.15, 0.2) is 11.5 Å². The molecule has 1 N–H and O–H groups in total. The molecule has 0 aliphatic carbocycles. The first-order chi connectivity index (χ1) is 18.9. The number of rotatable bonds is 8. The van der Waals surface area contributed by atoms with Crippen LogP contribution >= 0.6 is 11.8 Å². The van der Waals surface area contributed by atoms with Gasteiger partial charge < -0.3 is 14.8 Å². The Balaban J connectivity index is 1.27. The van der Waals surface area contributed by atoms with Gasteiger partial charge in [0.05, 0.1) is 12.0 Å². The summed E-state index contributed by atoms with van der Waals surface area (Å²) >= 11 is 0.759. The Hall–Kier alpha value is -4.63. The van der Waals surface area contributed by atoms with Crippen molar-refractivity contribution in [2.45, 2.75) is 6.61 Å². The Morgan fingerprint density at radius 2 is 1.74 bits per heavy atom. The Bertz CT molecular complexity index is 1620. The minimum Gasteiger partial charge on any atom is -0.493 e.